The highest BCUT2D eigenvalue weighted by atomic mass is 35.5. The van der Waals surface area contributed by atoms with E-state index in [1.807, 2.05) is 42.1 Å². The maximum atomic E-state index is 11.6. The van der Waals surface area contributed by atoms with E-state index in [0.29, 0.717) is 24.3 Å². The Bertz CT molecular complexity index is 1040. The van der Waals surface area contributed by atoms with Crippen LogP contribution in [-0.2, 0) is 30.2 Å². The third-order valence-corrected chi connectivity index (χ3v) is 8.21. The Kier molecular flexibility index (Phi) is 9.57. The molecule has 6 nitrogen and oxygen atoms in total. The molecule has 2 aliphatic heterocycles. The summed E-state index contributed by atoms with van der Waals surface area (Å²) in [7, 11) is 0. The Morgan fingerprint density at radius 3 is 2.50 bits per heavy atom. The van der Waals surface area contributed by atoms with Crippen LogP contribution in [0.2, 0.25) is 5.02 Å². The Labute approximate surface area is 222 Å². The molecule has 2 aromatic carbocycles. The van der Waals surface area contributed by atoms with Crippen LogP contribution in [0.4, 0.5) is 0 Å². The monoisotopic (exact) mass is 532 g/mol. The number of carbonyl (C=O) groups is 2. The molecular formula is C28H33ClO6S. The van der Waals surface area contributed by atoms with Gasteiger partial charge in [0, 0.05) is 31.7 Å². The van der Waals surface area contributed by atoms with Crippen LogP contribution in [0.3, 0.4) is 0 Å². The summed E-state index contributed by atoms with van der Waals surface area (Å²) in [5.41, 5.74) is 3.07. The van der Waals surface area contributed by atoms with Crippen molar-refractivity contribution in [2.75, 3.05) is 24.7 Å². The van der Waals surface area contributed by atoms with E-state index in [4.69, 9.17) is 30.5 Å². The standard InChI is InChI=1S/C28H33ClO6S/c1-18(30)33-15-26-13-25(34-19(2)31)14-28(35-26)22-5-8-27(29)23(12-22)11-20-3-6-24(7-4-20)32-10-9-21-16-36-17-21/h3-8,12,21,25-26,28H,9-11,13-17H2,1-2H3. The molecule has 0 aliphatic carbocycles. The highest BCUT2D eigenvalue weighted by Gasteiger charge is 2.33. The molecule has 4 rings (SSSR count). The van der Waals surface area contributed by atoms with Gasteiger partial charge in [0.05, 0.1) is 18.8 Å². The van der Waals surface area contributed by atoms with E-state index in [-0.39, 0.29) is 36.9 Å². The largest absolute Gasteiger partial charge is 0.494 e. The molecule has 0 aromatic heterocycles. The van der Waals surface area contributed by atoms with Crippen LogP contribution in [-0.4, -0.2) is 48.9 Å². The van der Waals surface area contributed by atoms with Gasteiger partial charge in [-0.3, -0.25) is 9.59 Å². The van der Waals surface area contributed by atoms with E-state index < -0.39 is 0 Å². The van der Waals surface area contributed by atoms with Crippen molar-refractivity contribution in [2.45, 2.75) is 57.8 Å². The number of carbonyl (C=O) groups excluding carboxylic acids is 2. The minimum Gasteiger partial charge on any atom is -0.494 e. The van der Waals surface area contributed by atoms with Gasteiger partial charge in [0.2, 0.25) is 0 Å². The van der Waals surface area contributed by atoms with E-state index in [2.05, 4.69) is 12.1 Å². The van der Waals surface area contributed by atoms with Crippen LogP contribution in [0.5, 0.6) is 5.75 Å². The molecule has 2 heterocycles. The van der Waals surface area contributed by atoms with E-state index >= 15 is 0 Å². The topological polar surface area (TPSA) is 71.1 Å². The van der Waals surface area contributed by atoms with Crippen LogP contribution in [0.1, 0.15) is 55.9 Å². The second-order valence-electron chi connectivity index (χ2n) is 9.46. The van der Waals surface area contributed by atoms with Crippen molar-refractivity contribution in [1.82, 2.24) is 0 Å². The third kappa shape index (κ3) is 7.89. The normalized spacial score (nSPS) is 21.9. The summed E-state index contributed by atoms with van der Waals surface area (Å²) < 4.78 is 22.8. The SMILES string of the molecule is CC(=O)OCC1CC(OC(C)=O)CC(c2ccc(Cl)c(Cc3ccc(OCCC4CSC4)cc3)c2)O1. The number of halogens is 1. The van der Waals surface area contributed by atoms with E-state index in [1.54, 1.807) is 0 Å². The highest BCUT2D eigenvalue weighted by Crippen LogP contribution is 2.35. The zero-order valence-corrected chi connectivity index (χ0v) is 22.3. The summed E-state index contributed by atoms with van der Waals surface area (Å²) in [6.07, 6.45) is 1.83. The van der Waals surface area contributed by atoms with Crippen molar-refractivity contribution in [2.24, 2.45) is 5.92 Å². The molecule has 2 aromatic rings. The van der Waals surface area contributed by atoms with Crippen molar-refractivity contribution in [3.63, 3.8) is 0 Å². The maximum Gasteiger partial charge on any atom is 0.302 e. The molecule has 0 spiro atoms. The Morgan fingerprint density at radius 1 is 1.06 bits per heavy atom. The molecule has 194 valence electrons. The average Bonchev–Trinajstić information content (AvgIpc) is 2.81. The number of rotatable bonds is 10. The van der Waals surface area contributed by atoms with Crippen LogP contribution >= 0.6 is 23.4 Å². The summed E-state index contributed by atoms with van der Waals surface area (Å²) in [6, 6.07) is 14.0. The van der Waals surface area contributed by atoms with Gasteiger partial charge in [-0.2, -0.15) is 11.8 Å². The number of benzene rings is 2. The zero-order valence-electron chi connectivity index (χ0n) is 20.7. The van der Waals surface area contributed by atoms with Crippen LogP contribution in [0.15, 0.2) is 42.5 Å². The molecule has 0 radical (unpaired) electrons. The van der Waals surface area contributed by atoms with Crippen LogP contribution in [0.25, 0.3) is 0 Å². The summed E-state index contributed by atoms with van der Waals surface area (Å²) in [5, 5.41) is 0.682. The second-order valence-corrected chi connectivity index (χ2v) is 10.9. The van der Waals surface area contributed by atoms with Crippen molar-refractivity contribution < 1.29 is 28.5 Å². The summed E-state index contributed by atoms with van der Waals surface area (Å²) in [6.45, 7) is 3.64. The van der Waals surface area contributed by atoms with E-state index in [9.17, 15) is 9.59 Å². The third-order valence-electron chi connectivity index (χ3n) is 6.43. The highest BCUT2D eigenvalue weighted by molar-refractivity contribution is 8.00. The van der Waals surface area contributed by atoms with E-state index in [1.165, 1.54) is 25.4 Å². The summed E-state index contributed by atoms with van der Waals surface area (Å²) in [4.78, 5) is 22.9. The fourth-order valence-electron chi connectivity index (χ4n) is 4.48. The molecule has 8 heteroatoms. The lowest BCUT2D eigenvalue weighted by Crippen LogP contribution is -2.36. The number of thioether (sulfide) groups is 1. The first kappa shape index (κ1) is 26.8. The van der Waals surface area contributed by atoms with Gasteiger partial charge < -0.3 is 18.9 Å². The predicted octanol–water partition coefficient (Wildman–Crippen LogP) is 5.78. The number of hydrogen-bond acceptors (Lipinski definition) is 7. The van der Waals surface area contributed by atoms with E-state index in [0.717, 1.165) is 41.4 Å². The lowest BCUT2D eigenvalue weighted by molar-refractivity contribution is -0.169. The molecule has 2 saturated heterocycles. The molecule has 36 heavy (non-hydrogen) atoms. The summed E-state index contributed by atoms with van der Waals surface area (Å²) in [5.74, 6) is 3.50. The van der Waals surface area contributed by atoms with Crippen LogP contribution in [0, 0.1) is 5.92 Å². The van der Waals surface area contributed by atoms with Gasteiger partial charge in [0.25, 0.3) is 0 Å². The minimum atomic E-state index is -0.368. The first-order chi connectivity index (χ1) is 17.4. The van der Waals surface area contributed by atoms with Crippen LogP contribution < -0.4 is 4.74 Å². The average molecular weight is 533 g/mol. The smallest absolute Gasteiger partial charge is 0.302 e. The predicted molar refractivity (Wildman–Crippen MR) is 141 cm³/mol. The Hall–Kier alpha value is -2.22. The van der Waals surface area contributed by atoms with Gasteiger partial charge >= 0.3 is 11.9 Å². The quantitative estimate of drug-likeness (QED) is 0.359. The molecule has 2 fully saturated rings. The van der Waals surface area contributed by atoms with Gasteiger partial charge in [-0.25, -0.2) is 0 Å². The fourth-order valence-corrected chi connectivity index (χ4v) is 5.57. The van der Waals surface area contributed by atoms with Gasteiger partial charge in [-0.15, -0.1) is 0 Å². The maximum absolute atomic E-state index is 11.6. The lowest BCUT2D eigenvalue weighted by atomic mass is 9.94. The van der Waals surface area contributed by atoms with Crippen molar-refractivity contribution in [3.05, 3.63) is 64.2 Å². The number of hydrogen-bond donors (Lipinski definition) is 0. The van der Waals surface area contributed by atoms with Gasteiger partial charge in [-0.1, -0.05) is 35.9 Å². The fraction of sp³-hybridized carbons (Fsp3) is 0.500. The Balaban J connectivity index is 1.40. The zero-order chi connectivity index (χ0) is 25.5. The molecular weight excluding hydrogens is 500 g/mol. The molecule has 0 amide bonds. The Morgan fingerprint density at radius 2 is 1.83 bits per heavy atom. The molecule has 0 bridgehead atoms. The molecule has 3 unspecified atom stereocenters. The first-order valence-electron chi connectivity index (χ1n) is 12.4. The first-order valence-corrected chi connectivity index (χ1v) is 13.9. The molecule has 0 N–H and O–H groups in total. The van der Waals surface area contributed by atoms with Gasteiger partial charge in [-0.05, 0) is 65.2 Å². The lowest BCUT2D eigenvalue weighted by Gasteiger charge is -2.35. The molecule has 3 atom stereocenters. The number of ether oxygens (including phenoxy) is 4. The van der Waals surface area contributed by atoms with Gasteiger partial charge in [0.1, 0.15) is 18.5 Å². The molecule has 2 aliphatic rings. The van der Waals surface area contributed by atoms with Crippen molar-refractivity contribution in [1.29, 1.82) is 0 Å². The van der Waals surface area contributed by atoms with Crippen molar-refractivity contribution >= 4 is 35.3 Å². The number of esters is 2. The van der Waals surface area contributed by atoms with Gasteiger partial charge in [0.15, 0.2) is 0 Å². The molecule has 0 saturated carbocycles. The summed E-state index contributed by atoms with van der Waals surface area (Å²) >= 11 is 8.55. The van der Waals surface area contributed by atoms with Crippen molar-refractivity contribution in [3.8, 4) is 5.75 Å². The minimum absolute atomic E-state index is 0.123. The second kappa shape index (κ2) is 12.8.